The maximum atomic E-state index is 12.3. The van der Waals surface area contributed by atoms with Crippen molar-refractivity contribution in [3.8, 4) is 0 Å². The molecule has 0 aliphatic carbocycles. The number of hydrogen-bond acceptors (Lipinski definition) is 2. The summed E-state index contributed by atoms with van der Waals surface area (Å²) in [6, 6.07) is 8.37. The van der Waals surface area contributed by atoms with E-state index in [-0.39, 0.29) is 29.9 Å². The average Bonchev–Trinajstić information content (AvgIpc) is 2.57. The number of amides is 1. The Morgan fingerprint density at radius 1 is 1.32 bits per heavy atom. The smallest absolute Gasteiger partial charge is 0.222 e. The lowest BCUT2D eigenvalue weighted by atomic mass is 9.99. The molecule has 3 N–H and O–H groups in total. The second kappa shape index (κ2) is 11.3. The third-order valence-corrected chi connectivity index (χ3v) is 4.34. The minimum absolute atomic E-state index is 0. The number of nitrogens with one attached hydrogen (secondary N) is 1. The predicted molar refractivity (Wildman–Crippen MR) is 114 cm³/mol. The first-order chi connectivity index (χ1) is 11.6. The van der Waals surface area contributed by atoms with E-state index in [1.165, 1.54) is 11.1 Å². The van der Waals surface area contributed by atoms with Gasteiger partial charge in [-0.1, -0.05) is 38.1 Å². The van der Waals surface area contributed by atoms with Crippen molar-refractivity contribution in [2.24, 2.45) is 16.6 Å². The van der Waals surface area contributed by atoms with Crippen molar-refractivity contribution in [2.45, 2.75) is 46.1 Å². The van der Waals surface area contributed by atoms with Gasteiger partial charge in [-0.2, -0.15) is 0 Å². The summed E-state index contributed by atoms with van der Waals surface area (Å²) in [6.45, 7) is 7.35. The summed E-state index contributed by atoms with van der Waals surface area (Å²) in [7, 11) is 0. The van der Waals surface area contributed by atoms with Crippen LogP contribution < -0.4 is 11.1 Å². The molecule has 1 aliphatic heterocycles. The summed E-state index contributed by atoms with van der Waals surface area (Å²) < 4.78 is 0. The highest BCUT2D eigenvalue weighted by Crippen LogP contribution is 2.19. The zero-order valence-corrected chi connectivity index (χ0v) is 17.7. The van der Waals surface area contributed by atoms with E-state index in [0.29, 0.717) is 24.8 Å². The average molecular weight is 458 g/mol. The van der Waals surface area contributed by atoms with E-state index >= 15 is 0 Å². The van der Waals surface area contributed by atoms with E-state index in [1.54, 1.807) is 0 Å². The molecular formula is C19H31IN4O. The monoisotopic (exact) mass is 458 g/mol. The Hall–Kier alpha value is -1.31. The standard InChI is InChI=1S/C19H30N4O.HI/c1-15(2)9-12-22-19(20)21-11-5-8-18(24)23-13-10-16-6-3-4-7-17(16)14-23;/h3-4,6-7,15H,5,8-14H2,1-2H3,(H3,20,21,22);1H. The molecule has 2 rings (SSSR count). The van der Waals surface area contributed by atoms with E-state index in [1.807, 2.05) is 11.0 Å². The highest BCUT2D eigenvalue weighted by Gasteiger charge is 2.19. The number of halogens is 1. The van der Waals surface area contributed by atoms with Gasteiger partial charge in [0.15, 0.2) is 5.96 Å². The van der Waals surface area contributed by atoms with Crippen molar-refractivity contribution in [1.29, 1.82) is 0 Å². The summed E-state index contributed by atoms with van der Waals surface area (Å²) in [4.78, 5) is 18.6. The molecule has 0 bridgehead atoms. The quantitative estimate of drug-likeness (QED) is 0.286. The molecule has 0 saturated carbocycles. The Kier molecular flexibility index (Phi) is 9.85. The lowest BCUT2D eigenvalue weighted by molar-refractivity contribution is -0.132. The zero-order valence-electron chi connectivity index (χ0n) is 15.3. The number of carbonyl (C=O) groups is 1. The van der Waals surface area contributed by atoms with E-state index in [4.69, 9.17) is 5.73 Å². The molecule has 0 fully saturated rings. The minimum Gasteiger partial charge on any atom is -0.370 e. The summed E-state index contributed by atoms with van der Waals surface area (Å²) in [5.74, 6) is 1.35. The molecule has 25 heavy (non-hydrogen) atoms. The number of aliphatic imine (C=N–C) groups is 1. The Balaban J connectivity index is 0.00000312. The minimum atomic E-state index is 0. The molecule has 1 aliphatic rings. The molecular weight excluding hydrogens is 427 g/mol. The fourth-order valence-corrected chi connectivity index (χ4v) is 2.84. The van der Waals surface area contributed by atoms with Crippen molar-refractivity contribution in [1.82, 2.24) is 10.2 Å². The molecule has 1 aromatic rings. The van der Waals surface area contributed by atoms with Crippen LogP contribution in [0.25, 0.3) is 0 Å². The van der Waals surface area contributed by atoms with E-state index < -0.39 is 0 Å². The summed E-state index contributed by atoms with van der Waals surface area (Å²) in [5.41, 5.74) is 8.46. The lowest BCUT2D eigenvalue weighted by Crippen LogP contribution is -2.36. The number of guanidine groups is 1. The second-order valence-electron chi connectivity index (χ2n) is 6.81. The molecule has 0 saturated heterocycles. The topological polar surface area (TPSA) is 70.7 Å². The van der Waals surface area contributed by atoms with Gasteiger partial charge in [0.05, 0.1) is 0 Å². The molecule has 0 spiro atoms. The van der Waals surface area contributed by atoms with Crippen molar-refractivity contribution in [3.05, 3.63) is 35.4 Å². The summed E-state index contributed by atoms with van der Waals surface area (Å²) >= 11 is 0. The number of hydrogen-bond donors (Lipinski definition) is 2. The summed E-state index contributed by atoms with van der Waals surface area (Å²) in [6.07, 6.45) is 3.30. The molecule has 0 unspecified atom stereocenters. The molecule has 0 aromatic heterocycles. The number of rotatable bonds is 7. The fourth-order valence-electron chi connectivity index (χ4n) is 2.84. The first-order valence-corrected chi connectivity index (χ1v) is 8.94. The van der Waals surface area contributed by atoms with Gasteiger partial charge in [-0.15, -0.1) is 24.0 Å². The van der Waals surface area contributed by atoms with Crippen LogP contribution in [0.2, 0.25) is 0 Å². The second-order valence-corrected chi connectivity index (χ2v) is 6.81. The molecule has 1 heterocycles. The molecule has 0 atom stereocenters. The van der Waals surface area contributed by atoms with Gasteiger partial charge in [0.1, 0.15) is 0 Å². The van der Waals surface area contributed by atoms with Crippen molar-refractivity contribution in [3.63, 3.8) is 0 Å². The number of benzene rings is 1. The van der Waals surface area contributed by atoms with Gasteiger partial charge >= 0.3 is 0 Å². The SMILES string of the molecule is CC(C)CCNC(N)=NCCCC(=O)N1CCc2ccccc2C1.I. The molecule has 5 nitrogen and oxygen atoms in total. The lowest BCUT2D eigenvalue weighted by Gasteiger charge is -2.28. The molecule has 6 heteroatoms. The Morgan fingerprint density at radius 3 is 2.76 bits per heavy atom. The molecule has 1 aromatic carbocycles. The van der Waals surface area contributed by atoms with Crippen molar-refractivity contribution in [2.75, 3.05) is 19.6 Å². The molecule has 1 amide bonds. The maximum absolute atomic E-state index is 12.3. The normalized spacial score (nSPS) is 14.0. The van der Waals surface area contributed by atoms with Crippen LogP contribution in [-0.2, 0) is 17.8 Å². The highest BCUT2D eigenvalue weighted by atomic mass is 127. The Labute approximate surface area is 168 Å². The van der Waals surface area contributed by atoms with E-state index in [9.17, 15) is 4.79 Å². The van der Waals surface area contributed by atoms with E-state index in [2.05, 4.69) is 42.4 Å². The van der Waals surface area contributed by atoms with Crippen LogP contribution in [-0.4, -0.2) is 36.4 Å². The van der Waals surface area contributed by atoms with Crippen molar-refractivity contribution >= 4 is 35.8 Å². The van der Waals surface area contributed by atoms with Crippen LogP contribution in [0.4, 0.5) is 0 Å². The fraction of sp³-hybridized carbons (Fsp3) is 0.579. The van der Waals surface area contributed by atoms with Gasteiger partial charge < -0.3 is 16.0 Å². The van der Waals surface area contributed by atoms with Crippen LogP contribution in [0.3, 0.4) is 0 Å². The van der Waals surface area contributed by atoms with Gasteiger partial charge in [0.25, 0.3) is 0 Å². The van der Waals surface area contributed by atoms with Crippen LogP contribution in [0.5, 0.6) is 0 Å². The van der Waals surface area contributed by atoms with Gasteiger partial charge in [0, 0.05) is 32.6 Å². The Morgan fingerprint density at radius 2 is 2.04 bits per heavy atom. The largest absolute Gasteiger partial charge is 0.370 e. The van der Waals surface area contributed by atoms with Gasteiger partial charge in [-0.05, 0) is 36.3 Å². The first kappa shape index (κ1) is 21.7. The van der Waals surface area contributed by atoms with E-state index in [0.717, 1.165) is 38.9 Å². The Bertz CT molecular complexity index is 574. The van der Waals surface area contributed by atoms with Gasteiger partial charge in [-0.25, -0.2) is 0 Å². The van der Waals surface area contributed by atoms with Crippen molar-refractivity contribution < 1.29 is 4.79 Å². The van der Waals surface area contributed by atoms with Crippen LogP contribution in [0.1, 0.15) is 44.2 Å². The van der Waals surface area contributed by atoms with Crippen LogP contribution >= 0.6 is 24.0 Å². The number of nitrogens with zero attached hydrogens (tertiary/aromatic N) is 2. The number of carbonyl (C=O) groups excluding carboxylic acids is 1. The number of fused-ring (bicyclic) bond motifs is 1. The zero-order chi connectivity index (χ0) is 17.4. The van der Waals surface area contributed by atoms with Gasteiger partial charge in [0.2, 0.25) is 5.91 Å². The molecule has 140 valence electrons. The third kappa shape index (κ3) is 7.63. The first-order valence-electron chi connectivity index (χ1n) is 8.94. The summed E-state index contributed by atoms with van der Waals surface area (Å²) in [5, 5.41) is 3.11. The molecule has 0 radical (unpaired) electrons. The van der Waals surface area contributed by atoms with Crippen LogP contribution in [0, 0.1) is 5.92 Å². The predicted octanol–water partition coefficient (Wildman–Crippen LogP) is 2.92. The van der Waals surface area contributed by atoms with Crippen LogP contribution in [0.15, 0.2) is 29.3 Å². The van der Waals surface area contributed by atoms with Gasteiger partial charge in [-0.3, -0.25) is 9.79 Å². The maximum Gasteiger partial charge on any atom is 0.222 e. The number of nitrogens with two attached hydrogens (primary N) is 1. The highest BCUT2D eigenvalue weighted by molar-refractivity contribution is 14.0. The third-order valence-electron chi connectivity index (χ3n) is 4.34.